The highest BCUT2D eigenvalue weighted by Gasteiger charge is 2.16. The van der Waals surface area contributed by atoms with Crippen molar-refractivity contribution in [2.24, 2.45) is 5.92 Å². The summed E-state index contributed by atoms with van der Waals surface area (Å²) in [5.74, 6) is -0.150. The third kappa shape index (κ3) is 7.32. The molecular weight excluding hydrogens is 294 g/mol. The van der Waals surface area contributed by atoms with Gasteiger partial charge in [-0.25, -0.2) is 4.79 Å². The van der Waals surface area contributed by atoms with Crippen LogP contribution in [0, 0.1) is 17.2 Å². The summed E-state index contributed by atoms with van der Waals surface area (Å²) in [4.78, 5) is 23.5. The van der Waals surface area contributed by atoms with Crippen molar-refractivity contribution in [3.63, 3.8) is 0 Å². The Kier molecular flexibility index (Phi) is 6.58. The molecule has 0 spiro atoms. The van der Waals surface area contributed by atoms with Gasteiger partial charge in [0.1, 0.15) is 5.60 Å². The van der Waals surface area contributed by atoms with E-state index in [2.05, 4.69) is 10.6 Å². The maximum absolute atomic E-state index is 12.0. The predicted molar refractivity (Wildman–Crippen MR) is 86.9 cm³/mol. The minimum Gasteiger partial charge on any atom is -0.444 e. The molecule has 2 amide bonds. The largest absolute Gasteiger partial charge is 0.444 e. The van der Waals surface area contributed by atoms with E-state index in [1.807, 2.05) is 13.0 Å². The molecule has 124 valence electrons. The van der Waals surface area contributed by atoms with Gasteiger partial charge < -0.3 is 15.4 Å². The van der Waals surface area contributed by atoms with Crippen LogP contribution >= 0.6 is 0 Å². The maximum atomic E-state index is 12.0. The highest BCUT2D eigenvalue weighted by atomic mass is 16.6. The van der Waals surface area contributed by atoms with E-state index in [1.165, 1.54) is 0 Å². The second kappa shape index (κ2) is 8.18. The van der Waals surface area contributed by atoms with Crippen molar-refractivity contribution >= 4 is 12.0 Å². The van der Waals surface area contributed by atoms with Crippen LogP contribution in [0.25, 0.3) is 0 Å². The summed E-state index contributed by atoms with van der Waals surface area (Å²) < 4.78 is 5.14. The Morgan fingerprint density at radius 1 is 1.17 bits per heavy atom. The van der Waals surface area contributed by atoms with Gasteiger partial charge in [-0.05, 0) is 51.0 Å². The molecule has 0 heterocycles. The van der Waals surface area contributed by atoms with Crippen LogP contribution < -0.4 is 10.6 Å². The predicted octanol–water partition coefficient (Wildman–Crippen LogP) is 2.45. The second-order valence-corrected chi connectivity index (χ2v) is 6.39. The van der Waals surface area contributed by atoms with E-state index < -0.39 is 11.7 Å². The van der Waals surface area contributed by atoms with E-state index in [9.17, 15) is 9.59 Å². The van der Waals surface area contributed by atoms with Gasteiger partial charge in [-0.1, -0.05) is 6.92 Å². The first-order valence-electron chi connectivity index (χ1n) is 7.46. The van der Waals surface area contributed by atoms with E-state index >= 15 is 0 Å². The molecule has 0 radical (unpaired) electrons. The van der Waals surface area contributed by atoms with E-state index in [0.29, 0.717) is 24.2 Å². The van der Waals surface area contributed by atoms with Gasteiger partial charge in [0, 0.05) is 18.7 Å². The molecule has 1 atom stereocenters. The molecule has 0 aliphatic heterocycles. The lowest BCUT2D eigenvalue weighted by molar-refractivity contribution is 0.0520. The van der Waals surface area contributed by atoms with Crippen LogP contribution in [0.1, 0.15) is 43.6 Å². The Morgan fingerprint density at radius 2 is 1.74 bits per heavy atom. The summed E-state index contributed by atoms with van der Waals surface area (Å²) in [7, 11) is 0. The minimum atomic E-state index is -0.531. The third-order valence-electron chi connectivity index (χ3n) is 2.88. The van der Waals surface area contributed by atoms with Crippen molar-refractivity contribution < 1.29 is 14.3 Å². The monoisotopic (exact) mass is 317 g/mol. The summed E-state index contributed by atoms with van der Waals surface area (Å²) in [6.45, 7) is 8.14. The van der Waals surface area contributed by atoms with Crippen molar-refractivity contribution in [1.29, 1.82) is 5.26 Å². The van der Waals surface area contributed by atoms with E-state index in [-0.39, 0.29) is 11.8 Å². The summed E-state index contributed by atoms with van der Waals surface area (Å²) in [6.07, 6.45) is -0.470. The zero-order chi connectivity index (χ0) is 17.5. The molecule has 1 aromatic carbocycles. The molecule has 23 heavy (non-hydrogen) atoms. The van der Waals surface area contributed by atoms with Gasteiger partial charge in [0.05, 0.1) is 11.6 Å². The van der Waals surface area contributed by atoms with Crippen molar-refractivity contribution in [3.05, 3.63) is 35.4 Å². The molecule has 6 heteroatoms. The van der Waals surface area contributed by atoms with Crippen LogP contribution in [-0.4, -0.2) is 30.7 Å². The van der Waals surface area contributed by atoms with E-state index in [1.54, 1.807) is 45.0 Å². The topological polar surface area (TPSA) is 91.2 Å². The Morgan fingerprint density at radius 3 is 2.26 bits per heavy atom. The number of benzene rings is 1. The van der Waals surface area contributed by atoms with Crippen LogP contribution in [-0.2, 0) is 4.74 Å². The molecule has 0 saturated heterocycles. The Balaban J connectivity index is 2.35. The van der Waals surface area contributed by atoms with Crippen LogP contribution in [0.5, 0.6) is 0 Å². The van der Waals surface area contributed by atoms with Gasteiger partial charge in [0.2, 0.25) is 0 Å². The average molecular weight is 317 g/mol. The number of amides is 2. The third-order valence-corrected chi connectivity index (χ3v) is 2.88. The minimum absolute atomic E-state index is 0.0600. The van der Waals surface area contributed by atoms with Gasteiger partial charge in [0.25, 0.3) is 5.91 Å². The first kappa shape index (κ1) is 18.5. The fourth-order valence-electron chi connectivity index (χ4n) is 1.71. The molecule has 0 bridgehead atoms. The Labute approximate surface area is 136 Å². The SMILES string of the molecule is C[C@@H](CNC(=O)OC(C)(C)C)CNC(=O)c1ccc(C#N)cc1. The summed E-state index contributed by atoms with van der Waals surface area (Å²) in [5.41, 5.74) is 0.477. The number of ether oxygens (including phenoxy) is 1. The highest BCUT2D eigenvalue weighted by Crippen LogP contribution is 2.07. The van der Waals surface area contributed by atoms with Crippen molar-refractivity contribution in [1.82, 2.24) is 10.6 Å². The van der Waals surface area contributed by atoms with E-state index in [4.69, 9.17) is 10.00 Å². The molecule has 0 aliphatic carbocycles. The number of nitrogens with one attached hydrogen (secondary N) is 2. The molecule has 0 aromatic heterocycles. The standard InChI is InChI=1S/C17H23N3O3/c1-12(11-20-16(22)23-17(2,3)4)10-19-15(21)14-7-5-13(9-18)6-8-14/h5-8,12H,10-11H2,1-4H3,(H,19,21)(H,20,22)/t12-/m1/s1. The lowest BCUT2D eigenvalue weighted by Gasteiger charge is -2.21. The highest BCUT2D eigenvalue weighted by molar-refractivity contribution is 5.94. The van der Waals surface area contributed by atoms with Gasteiger partial charge >= 0.3 is 6.09 Å². The zero-order valence-electron chi connectivity index (χ0n) is 14.0. The number of rotatable bonds is 5. The molecule has 6 nitrogen and oxygen atoms in total. The summed E-state index contributed by atoms with van der Waals surface area (Å²) >= 11 is 0. The Bertz CT molecular complexity index is 583. The molecule has 1 rings (SSSR count). The number of hydrogen-bond donors (Lipinski definition) is 2. The van der Waals surface area contributed by atoms with Gasteiger partial charge in [-0.3, -0.25) is 4.79 Å². The number of nitriles is 1. The number of carbonyl (C=O) groups is 2. The van der Waals surface area contributed by atoms with Crippen LogP contribution in [0.15, 0.2) is 24.3 Å². The quantitative estimate of drug-likeness (QED) is 0.872. The van der Waals surface area contributed by atoms with E-state index in [0.717, 1.165) is 0 Å². The lowest BCUT2D eigenvalue weighted by atomic mass is 10.1. The molecule has 0 saturated carbocycles. The maximum Gasteiger partial charge on any atom is 0.407 e. The summed E-state index contributed by atoms with van der Waals surface area (Å²) in [5, 5.41) is 14.2. The summed E-state index contributed by atoms with van der Waals surface area (Å²) in [6, 6.07) is 8.42. The van der Waals surface area contributed by atoms with Gasteiger partial charge in [-0.15, -0.1) is 0 Å². The van der Waals surface area contributed by atoms with Crippen LogP contribution in [0.3, 0.4) is 0 Å². The first-order chi connectivity index (χ1) is 10.7. The fourth-order valence-corrected chi connectivity index (χ4v) is 1.71. The molecule has 0 fully saturated rings. The molecule has 0 unspecified atom stereocenters. The van der Waals surface area contributed by atoms with Crippen LogP contribution in [0.2, 0.25) is 0 Å². The molecule has 1 aromatic rings. The molecular formula is C17H23N3O3. The smallest absolute Gasteiger partial charge is 0.407 e. The van der Waals surface area contributed by atoms with Crippen LogP contribution in [0.4, 0.5) is 4.79 Å². The second-order valence-electron chi connectivity index (χ2n) is 6.39. The first-order valence-corrected chi connectivity index (χ1v) is 7.46. The zero-order valence-corrected chi connectivity index (χ0v) is 14.0. The molecule has 2 N–H and O–H groups in total. The molecule has 0 aliphatic rings. The fraction of sp³-hybridized carbons (Fsp3) is 0.471. The normalized spacial score (nSPS) is 12.0. The van der Waals surface area contributed by atoms with Gasteiger partial charge in [-0.2, -0.15) is 5.26 Å². The number of nitrogens with zero attached hydrogens (tertiary/aromatic N) is 1. The van der Waals surface area contributed by atoms with Crippen molar-refractivity contribution in [2.75, 3.05) is 13.1 Å². The Hall–Kier alpha value is -2.55. The number of hydrogen-bond acceptors (Lipinski definition) is 4. The average Bonchev–Trinajstić information content (AvgIpc) is 2.49. The van der Waals surface area contributed by atoms with Crippen molar-refractivity contribution in [2.45, 2.75) is 33.3 Å². The van der Waals surface area contributed by atoms with Crippen molar-refractivity contribution in [3.8, 4) is 6.07 Å². The number of alkyl carbamates (subject to hydrolysis) is 1. The van der Waals surface area contributed by atoms with Gasteiger partial charge in [0.15, 0.2) is 0 Å². The number of carbonyl (C=O) groups excluding carboxylic acids is 2. The lowest BCUT2D eigenvalue weighted by Crippen LogP contribution is -2.38.